The molecule has 0 aliphatic carbocycles. The van der Waals surface area contributed by atoms with Crippen LogP contribution in [0, 0.1) is 0 Å². The topological polar surface area (TPSA) is 51.0 Å². The number of hydrogen-bond acceptors (Lipinski definition) is 3. The Morgan fingerprint density at radius 1 is 1.16 bits per heavy atom. The van der Waals surface area contributed by atoms with E-state index < -0.39 is 0 Å². The highest BCUT2D eigenvalue weighted by Gasteiger charge is 2.14. The van der Waals surface area contributed by atoms with E-state index in [1.807, 2.05) is 36.4 Å². The van der Waals surface area contributed by atoms with Gasteiger partial charge in [-0.25, -0.2) is 9.67 Å². The molecule has 2 aromatic carbocycles. The summed E-state index contributed by atoms with van der Waals surface area (Å²) in [7, 11) is 1.74. The van der Waals surface area contributed by atoms with Crippen molar-refractivity contribution in [3.05, 3.63) is 81.9 Å². The summed E-state index contributed by atoms with van der Waals surface area (Å²) in [5.74, 6) is -0.0802. The maximum absolute atomic E-state index is 12.6. The van der Waals surface area contributed by atoms with E-state index in [2.05, 4.69) is 10.1 Å². The molecule has 5 nitrogen and oxygen atoms in total. The van der Waals surface area contributed by atoms with Crippen LogP contribution in [0.25, 0.3) is 0 Å². The number of nitrogens with zero attached hydrogens (tertiary/aromatic N) is 4. The molecule has 128 valence electrons. The summed E-state index contributed by atoms with van der Waals surface area (Å²) >= 11 is 12.2. The summed E-state index contributed by atoms with van der Waals surface area (Å²) in [5.41, 5.74) is 2.47. The summed E-state index contributed by atoms with van der Waals surface area (Å²) in [4.78, 5) is 18.1. The molecule has 1 amide bonds. The van der Waals surface area contributed by atoms with Gasteiger partial charge in [-0.15, -0.1) is 0 Å². The SMILES string of the molecule is CN(Cc1cccc(Cl)c1Cl)C(=O)c1ccc(Cn2cncn2)cc1. The summed E-state index contributed by atoms with van der Waals surface area (Å²) in [6.07, 6.45) is 3.15. The van der Waals surface area contributed by atoms with Gasteiger partial charge in [-0.05, 0) is 29.3 Å². The Morgan fingerprint density at radius 2 is 1.92 bits per heavy atom. The van der Waals surface area contributed by atoms with Crippen LogP contribution < -0.4 is 0 Å². The summed E-state index contributed by atoms with van der Waals surface area (Å²) in [6, 6.07) is 12.8. The molecule has 0 atom stereocenters. The van der Waals surface area contributed by atoms with Crippen molar-refractivity contribution in [2.75, 3.05) is 7.05 Å². The molecule has 1 heterocycles. The molecule has 0 fully saturated rings. The summed E-state index contributed by atoms with van der Waals surface area (Å²) in [6.45, 7) is 1.00. The first-order valence-corrected chi connectivity index (χ1v) is 8.40. The number of hydrogen-bond donors (Lipinski definition) is 0. The minimum atomic E-state index is -0.0802. The van der Waals surface area contributed by atoms with E-state index in [0.717, 1.165) is 11.1 Å². The second-order valence-corrected chi connectivity index (χ2v) is 6.45. The van der Waals surface area contributed by atoms with E-state index in [-0.39, 0.29) is 5.91 Å². The highest BCUT2D eigenvalue weighted by Crippen LogP contribution is 2.26. The van der Waals surface area contributed by atoms with Gasteiger partial charge in [-0.3, -0.25) is 4.79 Å². The van der Waals surface area contributed by atoms with Gasteiger partial charge in [0.25, 0.3) is 5.91 Å². The molecule has 0 aliphatic rings. The van der Waals surface area contributed by atoms with Crippen molar-refractivity contribution in [3.63, 3.8) is 0 Å². The Bertz CT molecular complexity index is 863. The smallest absolute Gasteiger partial charge is 0.253 e. The fourth-order valence-corrected chi connectivity index (χ4v) is 2.85. The Kier molecular flexibility index (Phi) is 5.36. The van der Waals surface area contributed by atoms with E-state index in [1.54, 1.807) is 29.0 Å². The fourth-order valence-electron chi connectivity index (χ4n) is 2.47. The zero-order valence-electron chi connectivity index (χ0n) is 13.6. The van der Waals surface area contributed by atoms with Gasteiger partial charge in [0.15, 0.2) is 0 Å². The largest absolute Gasteiger partial charge is 0.337 e. The van der Waals surface area contributed by atoms with Gasteiger partial charge >= 0.3 is 0 Å². The standard InChI is InChI=1S/C18H16Cl2N4O/c1-23(10-15-3-2-4-16(19)17(15)20)18(25)14-7-5-13(6-8-14)9-24-12-21-11-22-24/h2-8,11-12H,9-10H2,1H3. The van der Waals surface area contributed by atoms with Crippen molar-refractivity contribution in [2.45, 2.75) is 13.1 Å². The molecule has 7 heteroatoms. The minimum Gasteiger partial charge on any atom is -0.337 e. The van der Waals surface area contributed by atoms with Crippen LogP contribution in [0.3, 0.4) is 0 Å². The normalized spacial score (nSPS) is 10.7. The van der Waals surface area contributed by atoms with Crippen molar-refractivity contribution < 1.29 is 4.79 Å². The number of carbonyl (C=O) groups excluding carboxylic acids is 1. The van der Waals surface area contributed by atoms with Crippen LogP contribution in [-0.2, 0) is 13.1 Å². The molecule has 0 radical (unpaired) electrons. The van der Waals surface area contributed by atoms with Gasteiger partial charge in [0.1, 0.15) is 12.7 Å². The third-order valence-electron chi connectivity index (χ3n) is 3.80. The van der Waals surface area contributed by atoms with Gasteiger partial charge < -0.3 is 4.90 Å². The second-order valence-electron chi connectivity index (χ2n) is 5.66. The van der Waals surface area contributed by atoms with Gasteiger partial charge in [0.2, 0.25) is 0 Å². The quantitative estimate of drug-likeness (QED) is 0.680. The van der Waals surface area contributed by atoms with Gasteiger partial charge in [0, 0.05) is 19.2 Å². The first-order chi connectivity index (χ1) is 12.0. The molecule has 25 heavy (non-hydrogen) atoms. The lowest BCUT2D eigenvalue weighted by molar-refractivity contribution is 0.0785. The summed E-state index contributed by atoms with van der Waals surface area (Å²) in [5, 5.41) is 5.03. The lowest BCUT2D eigenvalue weighted by Gasteiger charge is -2.18. The molecule has 0 saturated heterocycles. The van der Waals surface area contributed by atoms with Crippen LogP contribution in [0.1, 0.15) is 21.5 Å². The van der Waals surface area contributed by atoms with Crippen LogP contribution in [0.5, 0.6) is 0 Å². The molecule has 0 aliphatic heterocycles. The third-order valence-corrected chi connectivity index (χ3v) is 4.66. The average Bonchev–Trinajstić information content (AvgIpc) is 3.12. The fraction of sp³-hybridized carbons (Fsp3) is 0.167. The lowest BCUT2D eigenvalue weighted by atomic mass is 10.1. The molecule has 0 bridgehead atoms. The van der Waals surface area contributed by atoms with Crippen molar-refractivity contribution in [2.24, 2.45) is 0 Å². The molecule has 3 aromatic rings. The molecular weight excluding hydrogens is 359 g/mol. The Hall–Kier alpha value is -2.37. The Balaban J connectivity index is 1.68. The van der Waals surface area contributed by atoms with Crippen LogP contribution in [0.2, 0.25) is 10.0 Å². The number of aromatic nitrogens is 3. The molecule has 0 unspecified atom stereocenters. The van der Waals surface area contributed by atoms with Crippen molar-refractivity contribution in [1.29, 1.82) is 0 Å². The average molecular weight is 375 g/mol. The molecule has 0 spiro atoms. The highest BCUT2D eigenvalue weighted by molar-refractivity contribution is 6.42. The number of benzene rings is 2. The minimum absolute atomic E-state index is 0.0802. The van der Waals surface area contributed by atoms with Crippen LogP contribution >= 0.6 is 23.2 Å². The third kappa shape index (κ3) is 4.18. The number of carbonyl (C=O) groups is 1. The number of rotatable bonds is 5. The summed E-state index contributed by atoms with van der Waals surface area (Å²) < 4.78 is 1.73. The van der Waals surface area contributed by atoms with Gasteiger partial charge in [-0.1, -0.05) is 47.5 Å². The first-order valence-electron chi connectivity index (χ1n) is 7.64. The first kappa shape index (κ1) is 17.5. The van der Waals surface area contributed by atoms with Crippen molar-refractivity contribution in [3.8, 4) is 0 Å². The van der Waals surface area contributed by atoms with Crippen LogP contribution in [0.4, 0.5) is 0 Å². The maximum atomic E-state index is 12.6. The van der Waals surface area contributed by atoms with E-state index in [9.17, 15) is 4.79 Å². The molecule has 0 saturated carbocycles. The van der Waals surface area contributed by atoms with E-state index in [0.29, 0.717) is 28.7 Å². The molecule has 1 aromatic heterocycles. The maximum Gasteiger partial charge on any atom is 0.253 e. The van der Waals surface area contributed by atoms with E-state index in [4.69, 9.17) is 23.2 Å². The van der Waals surface area contributed by atoms with E-state index in [1.165, 1.54) is 6.33 Å². The molecular formula is C18H16Cl2N4O. The van der Waals surface area contributed by atoms with E-state index >= 15 is 0 Å². The van der Waals surface area contributed by atoms with Crippen LogP contribution in [0.15, 0.2) is 55.1 Å². The molecule has 3 rings (SSSR count). The van der Waals surface area contributed by atoms with Gasteiger partial charge in [0.05, 0.1) is 16.6 Å². The number of halogens is 2. The van der Waals surface area contributed by atoms with Crippen molar-refractivity contribution >= 4 is 29.1 Å². The number of amides is 1. The zero-order valence-corrected chi connectivity index (χ0v) is 15.1. The second kappa shape index (κ2) is 7.68. The monoisotopic (exact) mass is 374 g/mol. The predicted molar refractivity (Wildman–Crippen MR) is 97.8 cm³/mol. The van der Waals surface area contributed by atoms with Crippen LogP contribution in [-0.4, -0.2) is 32.6 Å². The van der Waals surface area contributed by atoms with Crippen molar-refractivity contribution in [1.82, 2.24) is 19.7 Å². The lowest BCUT2D eigenvalue weighted by Crippen LogP contribution is -2.26. The zero-order chi connectivity index (χ0) is 17.8. The highest BCUT2D eigenvalue weighted by atomic mass is 35.5. The predicted octanol–water partition coefficient (Wildman–Crippen LogP) is 3.91. The molecule has 0 N–H and O–H groups in total. The Labute approximate surface area is 155 Å². The van der Waals surface area contributed by atoms with Gasteiger partial charge in [-0.2, -0.15) is 5.10 Å². The Morgan fingerprint density at radius 3 is 2.60 bits per heavy atom.